The lowest BCUT2D eigenvalue weighted by Crippen LogP contribution is -2.65. The summed E-state index contributed by atoms with van der Waals surface area (Å²) in [6.07, 6.45) is -3.72. The molecule has 0 radical (unpaired) electrons. The van der Waals surface area contributed by atoms with E-state index >= 15 is 0 Å². The first-order valence-electron chi connectivity index (χ1n) is 9.61. The fourth-order valence-corrected chi connectivity index (χ4v) is 3.32. The molecule has 2 aromatic rings. The molecule has 5 atom stereocenters. The van der Waals surface area contributed by atoms with Gasteiger partial charge in [0, 0.05) is 6.92 Å². The minimum absolute atomic E-state index is 0.238. The van der Waals surface area contributed by atoms with Crippen LogP contribution in [-0.4, -0.2) is 53.4 Å². The lowest BCUT2D eigenvalue weighted by molar-refractivity contribution is -0.281. The smallest absolute Gasteiger partial charge is 0.217 e. The van der Waals surface area contributed by atoms with E-state index in [2.05, 4.69) is 5.32 Å². The van der Waals surface area contributed by atoms with Crippen molar-refractivity contribution in [1.29, 1.82) is 0 Å². The molecule has 1 aliphatic rings. The number of nitrogens with one attached hydrogen (secondary N) is 1. The van der Waals surface area contributed by atoms with Crippen molar-refractivity contribution >= 4 is 5.91 Å². The van der Waals surface area contributed by atoms with Crippen molar-refractivity contribution in [3.63, 3.8) is 0 Å². The predicted octanol–water partition coefficient (Wildman–Crippen LogP) is 1.37. The summed E-state index contributed by atoms with van der Waals surface area (Å²) in [5.74, 6) is -0.296. The van der Waals surface area contributed by atoms with Gasteiger partial charge in [-0.3, -0.25) is 4.79 Å². The van der Waals surface area contributed by atoms with Gasteiger partial charge in [0.15, 0.2) is 6.29 Å². The minimum Gasteiger partial charge on any atom is -0.394 e. The summed E-state index contributed by atoms with van der Waals surface area (Å²) < 4.78 is 17.6. The van der Waals surface area contributed by atoms with Gasteiger partial charge in [0.1, 0.15) is 24.4 Å². The molecule has 0 aromatic heterocycles. The molecule has 29 heavy (non-hydrogen) atoms. The van der Waals surface area contributed by atoms with E-state index in [4.69, 9.17) is 14.2 Å². The lowest BCUT2D eigenvalue weighted by atomic mass is 9.96. The first-order chi connectivity index (χ1) is 14.1. The van der Waals surface area contributed by atoms with Gasteiger partial charge >= 0.3 is 0 Å². The average Bonchev–Trinajstić information content (AvgIpc) is 2.74. The Hall–Kier alpha value is -2.29. The SMILES string of the molecule is CC(=O)N[C@H]1[C@H](OCc2ccccc2)O[C@@H](CO)[C@@H](O)[C@H]1OCc1ccccc1. The Balaban J connectivity index is 1.76. The zero-order chi connectivity index (χ0) is 20.6. The van der Waals surface area contributed by atoms with Gasteiger partial charge in [-0.15, -0.1) is 0 Å². The van der Waals surface area contributed by atoms with Crippen LogP contribution in [0.15, 0.2) is 60.7 Å². The van der Waals surface area contributed by atoms with Crippen molar-refractivity contribution in [2.75, 3.05) is 6.61 Å². The van der Waals surface area contributed by atoms with Gasteiger partial charge in [0.05, 0.1) is 19.8 Å². The van der Waals surface area contributed by atoms with Crippen LogP contribution in [0.3, 0.4) is 0 Å². The molecule has 1 aliphatic heterocycles. The van der Waals surface area contributed by atoms with Gasteiger partial charge in [-0.25, -0.2) is 0 Å². The van der Waals surface area contributed by atoms with Crippen LogP contribution in [0.4, 0.5) is 0 Å². The second-order valence-corrected chi connectivity index (χ2v) is 7.00. The molecule has 0 aliphatic carbocycles. The van der Waals surface area contributed by atoms with Crippen LogP contribution < -0.4 is 5.32 Å². The van der Waals surface area contributed by atoms with Crippen molar-refractivity contribution in [3.05, 3.63) is 71.8 Å². The summed E-state index contributed by atoms with van der Waals surface area (Å²) in [5, 5.41) is 23.1. The number of ether oxygens (including phenoxy) is 3. The van der Waals surface area contributed by atoms with E-state index < -0.39 is 37.3 Å². The molecule has 1 fully saturated rings. The summed E-state index contributed by atoms with van der Waals surface area (Å²) in [5.41, 5.74) is 1.86. The van der Waals surface area contributed by atoms with Gasteiger partial charge in [-0.1, -0.05) is 60.7 Å². The molecule has 7 nitrogen and oxygen atoms in total. The van der Waals surface area contributed by atoms with Gasteiger partial charge in [-0.05, 0) is 11.1 Å². The Bertz CT molecular complexity index is 756. The van der Waals surface area contributed by atoms with Crippen molar-refractivity contribution in [2.45, 2.75) is 50.8 Å². The molecule has 0 bridgehead atoms. The molecule has 3 rings (SSSR count). The first-order valence-corrected chi connectivity index (χ1v) is 9.61. The van der Waals surface area contributed by atoms with E-state index in [1.807, 2.05) is 60.7 Å². The Kier molecular flexibility index (Phi) is 7.74. The van der Waals surface area contributed by atoms with E-state index in [0.29, 0.717) is 0 Å². The van der Waals surface area contributed by atoms with E-state index in [-0.39, 0.29) is 19.1 Å². The van der Waals surface area contributed by atoms with Crippen LogP contribution in [0.25, 0.3) is 0 Å². The number of amides is 1. The van der Waals surface area contributed by atoms with Crippen molar-refractivity contribution in [3.8, 4) is 0 Å². The van der Waals surface area contributed by atoms with Gasteiger partial charge in [0.2, 0.25) is 5.91 Å². The lowest BCUT2D eigenvalue weighted by Gasteiger charge is -2.44. The highest BCUT2D eigenvalue weighted by atomic mass is 16.7. The molecule has 3 N–H and O–H groups in total. The first kappa shape index (κ1) is 21.4. The van der Waals surface area contributed by atoms with Crippen molar-refractivity contribution in [2.24, 2.45) is 0 Å². The summed E-state index contributed by atoms with van der Waals surface area (Å²) >= 11 is 0. The standard InChI is InChI=1S/C22H27NO6/c1-15(25)23-19-21(27-13-16-8-4-2-5-9-16)20(26)18(12-24)29-22(19)28-14-17-10-6-3-7-11-17/h2-11,18-22,24,26H,12-14H2,1H3,(H,23,25)/t18-,19+,20+,21-,22+/m0/s1. The third-order valence-electron chi connectivity index (χ3n) is 4.77. The Morgan fingerprint density at radius 2 is 1.55 bits per heavy atom. The highest BCUT2D eigenvalue weighted by Crippen LogP contribution is 2.26. The number of aliphatic hydroxyl groups excluding tert-OH is 2. The molecule has 0 unspecified atom stereocenters. The van der Waals surface area contributed by atoms with Crippen LogP contribution in [0, 0.1) is 0 Å². The highest BCUT2D eigenvalue weighted by molar-refractivity contribution is 5.73. The molecule has 1 saturated heterocycles. The minimum atomic E-state index is -1.13. The number of rotatable bonds is 8. The van der Waals surface area contributed by atoms with Gasteiger partial charge in [-0.2, -0.15) is 0 Å². The van der Waals surface area contributed by atoms with Crippen LogP contribution in [0.2, 0.25) is 0 Å². The quantitative estimate of drug-likeness (QED) is 0.618. The van der Waals surface area contributed by atoms with Gasteiger partial charge < -0.3 is 29.7 Å². The number of carbonyl (C=O) groups excluding carboxylic acids is 1. The average molecular weight is 401 g/mol. The van der Waals surface area contributed by atoms with E-state index in [1.54, 1.807) is 0 Å². The number of benzene rings is 2. The fourth-order valence-electron chi connectivity index (χ4n) is 3.32. The summed E-state index contributed by atoms with van der Waals surface area (Å²) in [7, 11) is 0. The molecule has 156 valence electrons. The molecule has 0 saturated carbocycles. The zero-order valence-corrected chi connectivity index (χ0v) is 16.3. The molecule has 1 amide bonds. The Morgan fingerprint density at radius 1 is 1.00 bits per heavy atom. The molecular formula is C22H27NO6. The van der Waals surface area contributed by atoms with Crippen LogP contribution >= 0.6 is 0 Å². The predicted molar refractivity (Wildman–Crippen MR) is 106 cm³/mol. The fraction of sp³-hybridized carbons (Fsp3) is 0.409. The van der Waals surface area contributed by atoms with Crippen LogP contribution in [0.5, 0.6) is 0 Å². The largest absolute Gasteiger partial charge is 0.394 e. The highest BCUT2D eigenvalue weighted by Gasteiger charge is 2.46. The second-order valence-electron chi connectivity index (χ2n) is 7.00. The molecule has 1 heterocycles. The van der Waals surface area contributed by atoms with E-state index in [9.17, 15) is 15.0 Å². The maximum absolute atomic E-state index is 11.8. The zero-order valence-electron chi connectivity index (χ0n) is 16.3. The normalized spacial score (nSPS) is 26.8. The van der Waals surface area contributed by atoms with Crippen molar-refractivity contribution < 1.29 is 29.2 Å². The summed E-state index contributed by atoms with van der Waals surface area (Å²) in [6, 6.07) is 18.3. The number of carbonyl (C=O) groups is 1. The topological polar surface area (TPSA) is 97.3 Å². The summed E-state index contributed by atoms with van der Waals surface area (Å²) in [4.78, 5) is 11.8. The number of hydrogen-bond donors (Lipinski definition) is 3. The van der Waals surface area contributed by atoms with Crippen LogP contribution in [0.1, 0.15) is 18.1 Å². The second kappa shape index (κ2) is 10.5. The maximum atomic E-state index is 11.8. The molecule has 0 spiro atoms. The number of hydrogen-bond acceptors (Lipinski definition) is 6. The number of aliphatic hydroxyl groups is 2. The molecule has 7 heteroatoms. The third kappa shape index (κ3) is 5.85. The maximum Gasteiger partial charge on any atom is 0.217 e. The summed E-state index contributed by atoms with van der Waals surface area (Å²) in [6.45, 7) is 1.47. The van der Waals surface area contributed by atoms with Gasteiger partial charge in [0.25, 0.3) is 0 Å². The van der Waals surface area contributed by atoms with Crippen molar-refractivity contribution in [1.82, 2.24) is 5.32 Å². The molecule has 2 aromatic carbocycles. The van der Waals surface area contributed by atoms with E-state index in [0.717, 1.165) is 11.1 Å². The Labute approximate surface area is 170 Å². The molecular weight excluding hydrogens is 374 g/mol. The third-order valence-corrected chi connectivity index (χ3v) is 4.77. The monoisotopic (exact) mass is 401 g/mol. The van der Waals surface area contributed by atoms with E-state index in [1.165, 1.54) is 6.92 Å². The Morgan fingerprint density at radius 3 is 2.07 bits per heavy atom. The van der Waals surface area contributed by atoms with Crippen LogP contribution in [-0.2, 0) is 32.2 Å².